The number of rotatable bonds is 2. The lowest BCUT2D eigenvalue weighted by Crippen LogP contribution is -2.10. The number of benzene rings is 2. The fraction of sp³-hybridized carbons (Fsp3) is 0. The zero-order chi connectivity index (χ0) is 15.1. The van der Waals surface area contributed by atoms with Crippen molar-refractivity contribution in [2.24, 2.45) is 0 Å². The van der Waals surface area contributed by atoms with Gasteiger partial charge in [0, 0.05) is 14.8 Å². The molecule has 1 heterocycles. The molecule has 0 bridgehead atoms. The van der Waals surface area contributed by atoms with Gasteiger partial charge in [-0.2, -0.15) is 0 Å². The highest BCUT2D eigenvalue weighted by Gasteiger charge is 2.18. The van der Waals surface area contributed by atoms with Crippen LogP contribution in [0.2, 0.25) is 0 Å². The molecule has 21 heavy (non-hydrogen) atoms. The van der Waals surface area contributed by atoms with Gasteiger partial charge in [-0.1, -0.05) is 12.1 Å². The van der Waals surface area contributed by atoms with E-state index in [0.29, 0.717) is 14.8 Å². The third-order valence-electron chi connectivity index (χ3n) is 3.16. The van der Waals surface area contributed by atoms with Crippen LogP contribution in [0.1, 0.15) is 20.7 Å². The standard InChI is InChI=1S/C15H8O5S/c16-13-8-3-1-2-4-10(8)21-11-6-7(14(17)18)5-9(12(11)13)15(19)20/h1-6H,(H,17,18)(H,19,20). The smallest absolute Gasteiger partial charge is 0.336 e. The molecule has 0 radical (unpaired) electrons. The summed E-state index contributed by atoms with van der Waals surface area (Å²) in [6.07, 6.45) is 0. The Kier molecular flexibility index (Phi) is 2.95. The molecule has 0 spiro atoms. The Morgan fingerprint density at radius 1 is 0.952 bits per heavy atom. The molecule has 0 atom stereocenters. The van der Waals surface area contributed by atoms with Crippen molar-refractivity contribution < 1.29 is 19.8 Å². The van der Waals surface area contributed by atoms with Crippen LogP contribution in [0.3, 0.4) is 0 Å². The number of carboxylic acid groups (broad SMARTS) is 2. The molecule has 5 nitrogen and oxygen atoms in total. The van der Waals surface area contributed by atoms with Crippen LogP contribution in [0, 0.1) is 0 Å². The van der Waals surface area contributed by atoms with Crippen molar-refractivity contribution in [3.05, 3.63) is 57.7 Å². The number of hydrogen-bond acceptors (Lipinski definition) is 4. The van der Waals surface area contributed by atoms with E-state index in [-0.39, 0.29) is 16.5 Å². The molecular formula is C15H8O5S. The Balaban J connectivity index is 2.58. The van der Waals surface area contributed by atoms with Crippen LogP contribution in [0.5, 0.6) is 0 Å². The van der Waals surface area contributed by atoms with Crippen LogP contribution in [0.25, 0.3) is 20.2 Å². The monoisotopic (exact) mass is 300 g/mol. The van der Waals surface area contributed by atoms with Crippen LogP contribution in [-0.2, 0) is 0 Å². The van der Waals surface area contributed by atoms with Gasteiger partial charge < -0.3 is 10.2 Å². The minimum Gasteiger partial charge on any atom is -0.478 e. The summed E-state index contributed by atoms with van der Waals surface area (Å²) in [5, 5.41) is 18.8. The molecule has 0 saturated carbocycles. The van der Waals surface area contributed by atoms with Gasteiger partial charge in [0.2, 0.25) is 0 Å². The lowest BCUT2D eigenvalue weighted by atomic mass is 10.0. The van der Waals surface area contributed by atoms with Gasteiger partial charge in [0.1, 0.15) is 0 Å². The van der Waals surface area contributed by atoms with E-state index in [1.807, 2.05) is 0 Å². The third kappa shape index (κ3) is 2.05. The first-order valence-electron chi connectivity index (χ1n) is 5.95. The molecule has 0 fully saturated rings. The van der Waals surface area contributed by atoms with Gasteiger partial charge in [-0.05, 0) is 24.3 Å². The molecule has 2 N–H and O–H groups in total. The van der Waals surface area contributed by atoms with Crippen molar-refractivity contribution >= 4 is 43.4 Å². The third-order valence-corrected chi connectivity index (χ3v) is 4.28. The van der Waals surface area contributed by atoms with Crippen molar-refractivity contribution in [1.29, 1.82) is 0 Å². The second-order valence-electron chi connectivity index (χ2n) is 4.43. The van der Waals surface area contributed by atoms with Gasteiger partial charge in [0.25, 0.3) is 0 Å². The van der Waals surface area contributed by atoms with Crippen molar-refractivity contribution in [3.63, 3.8) is 0 Å². The highest BCUT2D eigenvalue weighted by Crippen LogP contribution is 2.28. The number of aromatic carboxylic acids is 2. The summed E-state index contributed by atoms with van der Waals surface area (Å²) < 4.78 is 1.05. The summed E-state index contributed by atoms with van der Waals surface area (Å²) in [5.74, 6) is -2.55. The minimum atomic E-state index is -1.32. The van der Waals surface area contributed by atoms with E-state index >= 15 is 0 Å². The van der Waals surface area contributed by atoms with E-state index in [1.54, 1.807) is 24.3 Å². The molecule has 0 amide bonds. The largest absolute Gasteiger partial charge is 0.478 e. The molecular weight excluding hydrogens is 292 g/mol. The summed E-state index contributed by atoms with van der Waals surface area (Å²) in [4.78, 5) is 34.9. The lowest BCUT2D eigenvalue weighted by molar-refractivity contribution is 0.0696. The lowest BCUT2D eigenvalue weighted by Gasteiger charge is -2.06. The maximum Gasteiger partial charge on any atom is 0.336 e. The van der Waals surface area contributed by atoms with Gasteiger partial charge in [0.15, 0.2) is 5.43 Å². The number of carbonyl (C=O) groups is 2. The Labute approximate surface area is 121 Å². The molecule has 0 aliphatic carbocycles. The summed E-state index contributed by atoms with van der Waals surface area (Å²) in [5.41, 5.74) is -0.823. The van der Waals surface area contributed by atoms with Crippen LogP contribution < -0.4 is 5.43 Å². The summed E-state index contributed by atoms with van der Waals surface area (Å²) >= 11 is 1.20. The van der Waals surface area contributed by atoms with Gasteiger partial charge in [0.05, 0.1) is 16.5 Å². The number of fused-ring (bicyclic) bond motifs is 2. The van der Waals surface area contributed by atoms with Gasteiger partial charge in [-0.25, -0.2) is 9.59 Å². The molecule has 3 aromatic rings. The topological polar surface area (TPSA) is 91.7 Å². The Morgan fingerprint density at radius 3 is 2.33 bits per heavy atom. The van der Waals surface area contributed by atoms with Crippen LogP contribution in [0.15, 0.2) is 41.2 Å². The molecule has 1 aromatic heterocycles. The normalized spacial score (nSPS) is 10.9. The zero-order valence-electron chi connectivity index (χ0n) is 10.5. The zero-order valence-corrected chi connectivity index (χ0v) is 11.3. The van der Waals surface area contributed by atoms with Crippen LogP contribution in [-0.4, -0.2) is 22.2 Å². The molecule has 0 saturated heterocycles. The number of carboxylic acids is 2. The van der Waals surface area contributed by atoms with Crippen molar-refractivity contribution in [1.82, 2.24) is 0 Å². The van der Waals surface area contributed by atoms with Gasteiger partial charge in [-0.3, -0.25) is 4.79 Å². The molecule has 6 heteroatoms. The summed E-state index contributed by atoms with van der Waals surface area (Å²) in [6, 6.07) is 9.20. The second kappa shape index (κ2) is 4.68. The Hall–Kier alpha value is -2.73. The molecule has 0 aliphatic rings. The summed E-state index contributed by atoms with van der Waals surface area (Å²) in [6.45, 7) is 0. The second-order valence-corrected chi connectivity index (χ2v) is 5.52. The van der Waals surface area contributed by atoms with E-state index in [0.717, 1.165) is 6.07 Å². The van der Waals surface area contributed by atoms with Crippen LogP contribution >= 0.6 is 11.3 Å². The van der Waals surface area contributed by atoms with Gasteiger partial charge >= 0.3 is 11.9 Å². The Bertz CT molecular complexity index is 971. The molecule has 3 rings (SSSR count). The van der Waals surface area contributed by atoms with Crippen molar-refractivity contribution in [2.45, 2.75) is 0 Å². The van der Waals surface area contributed by atoms with E-state index in [9.17, 15) is 19.5 Å². The first-order valence-corrected chi connectivity index (χ1v) is 6.77. The van der Waals surface area contributed by atoms with Crippen molar-refractivity contribution in [2.75, 3.05) is 0 Å². The SMILES string of the molecule is O=C(O)c1cc(C(=O)O)c2c(=O)c3ccccc3sc2c1. The summed E-state index contributed by atoms with van der Waals surface area (Å²) in [7, 11) is 0. The number of hydrogen-bond donors (Lipinski definition) is 2. The minimum absolute atomic E-state index is 0.0520. The first-order chi connectivity index (χ1) is 9.99. The fourth-order valence-corrected chi connectivity index (χ4v) is 3.36. The van der Waals surface area contributed by atoms with E-state index < -0.39 is 17.4 Å². The molecule has 0 aliphatic heterocycles. The Morgan fingerprint density at radius 2 is 1.67 bits per heavy atom. The quantitative estimate of drug-likeness (QED) is 0.710. The predicted molar refractivity (Wildman–Crippen MR) is 79.5 cm³/mol. The van der Waals surface area contributed by atoms with Crippen LogP contribution in [0.4, 0.5) is 0 Å². The highest BCUT2D eigenvalue weighted by atomic mass is 32.1. The molecule has 0 unspecified atom stereocenters. The van der Waals surface area contributed by atoms with Crippen molar-refractivity contribution in [3.8, 4) is 0 Å². The highest BCUT2D eigenvalue weighted by molar-refractivity contribution is 7.24. The average Bonchev–Trinajstić information content (AvgIpc) is 2.46. The molecule has 2 aromatic carbocycles. The van der Waals surface area contributed by atoms with E-state index in [1.165, 1.54) is 17.4 Å². The van der Waals surface area contributed by atoms with E-state index in [4.69, 9.17) is 5.11 Å². The average molecular weight is 300 g/mol. The maximum absolute atomic E-state index is 12.5. The van der Waals surface area contributed by atoms with Gasteiger partial charge in [-0.15, -0.1) is 11.3 Å². The predicted octanol–water partition coefficient (Wildman–Crippen LogP) is 2.81. The first kappa shape index (κ1) is 13.3. The fourth-order valence-electron chi connectivity index (χ4n) is 2.22. The van der Waals surface area contributed by atoms with E-state index in [2.05, 4.69) is 0 Å². The maximum atomic E-state index is 12.5. The molecule has 104 valence electrons.